The lowest BCUT2D eigenvalue weighted by atomic mass is 10.2. The van der Waals surface area contributed by atoms with E-state index in [9.17, 15) is 4.79 Å². The lowest BCUT2D eigenvalue weighted by Crippen LogP contribution is -2.40. The van der Waals surface area contributed by atoms with Crippen LogP contribution >= 0.6 is 34.5 Å². The van der Waals surface area contributed by atoms with Crippen LogP contribution in [0.4, 0.5) is 5.13 Å². The van der Waals surface area contributed by atoms with Gasteiger partial charge < -0.3 is 9.47 Å². The Labute approximate surface area is 163 Å². The van der Waals surface area contributed by atoms with E-state index in [4.69, 9.17) is 32.7 Å². The molecule has 8 heteroatoms. The largest absolute Gasteiger partial charge is 0.485 e. The van der Waals surface area contributed by atoms with Crippen molar-refractivity contribution in [3.8, 4) is 22.8 Å². The van der Waals surface area contributed by atoms with E-state index in [0.717, 1.165) is 0 Å². The van der Waals surface area contributed by atoms with Crippen LogP contribution in [-0.4, -0.2) is 23.6 Å². The van der Waals surface area contributed by atoms with Gasteiger partial charge in [0, 0.05) is 16.0 Å². The SMILES string of the molecule is O=C(Nc1nc(-c2cc(Cl)ccc2Cl)cs1)C1COc2ccccc2O1. The first-order valence-electron chi connectivity index (χ1n) is 7.70. The minimum atomic E-state index is -0.744. The second-order valence-corrected chi connectivity index (χ2v) is 7.22. The van der Waals surface area contributed by atoms with E-state index in [0.29, 0.717) is 37.9 Å². The first-order chi connectivity index (χ1) is 12.6. The van der Waals surface area contributed by atoms with Gasteiger partial charge in [-0.3, -0.25) is 10.1 Å². The molecule has 1 unspecified atom stereocenters. The molecule has 132 valence electrons. The number of hydrogen-bond acceptors (Lipinski definition) is 5. The Morgan fingerprint density at radius 1 is 1.19 bits per heavy atom. The molecule has 1 atom stereocenters. The standard InChI is InChI=1S/C18H12Cl2N2O3S/c19-10-5-6-12(20)11(7-10)13-9-26-18(21-13)22-17(23)16-8-24-14-3-1-2-4-15(14)25-16/h1-7,9,16H,8H2,(H,21,22,23). The summed E-state index contributed by atoms with van der Waals surface area (Å²) in [5.41, 5.74) is 1.35. The second-order valence-electron chi connectivity index (χ2n) is 5.52. The summed E-state index contributed by atoms with van der Waals surface area (Å²) in [6.07, 6.45) is -0.744. The molecular formula is C18H12Cl2N2O3S. The first kappa shape index (κ1) is 17.1. The summed E-state index contributed by atoms with van der Waals surface area (Å²) < 4.78 is 11.3. The number of anilines is 1. The number of thiazole rings is 1. The van der Waals surface area contributed by atoms with E-state index in [2.05, 4.69) is 10.3 Å². The number of rotatable bonds is 3. The molecule has 1 aliphatic heterocycles. The Hall–Kier alpha value is -2.28. The predicted molar refractivity (Wildman–Crippen MR) is 103 cm³/mol. The predicted octanol–water partition coefficient (Wildman–Crippen LogP) is 4.90. The van der Waals surface area contributed by atoms with Crippen LogP contribution < -0.4 is 14.8 Å². The zero-order valence-corrected chi connectivity index (χ0v) is 15.6. The number of fused-ring (bicyclic) bond motifs is 1. The van der Waals surface area contributed by atoms with E-state index < -0.39 is 6.10 Å². The van der Waals surface area contributed by atoms with Crippen molar-refractivity contribution in [2.45, 2.75) is 6.10 Å². The third kappa shape index (κ3) is 3.49. The molecule has 26 heavy (non-hydrogen) atoms. The minimum Gasteiger partial charge on any atom is -0.485 e. The number of nitrogens with zero attached hydrogens (tertiary/aromatic N) is 1. The summed E-state index contributed by atoms with van der Waals surface area (Å²) in [7, 11) is 0. The maximum absolute atomic E-state index is 12.4. The molecule has 4 rings (SSSR count). The van der Waals surface area contributed by atoms with Crippen molar-refractivity contribution in [2.75, 3.05) is 11.9 Å². The van der Waals surface area contributed by atoms with E-state index >= 15 is 0 Å². The van der Waals surface area contributed by atoms with Gasteiger partial charge in [0.05, 0.1) is 10.7 Å². The second kappa shape index (κ2) is 7.15. The molecule has 0 bridgehead atoms. The van der Waals surface area contributed by atoms with Gasteiger partial charge in [0.15, 0.2) is 16.6 Å². The Morgan fingerprint density at radius 2 is 2.00 bits per heavy atom. The monoisotopic (exact) mass is 406 g/mol. The molecule has 1 N–H and O–H groups in total. The minimum absolute atomic E-state index is 0.140. The number of nitrogens with one attached hydrogen (secondary N) is 1. The first-order valence-corrected chi connectivity index (χ1v) is 9.34. The van der Waals surface area contributed by atoms with Gasteiger partial charge >= 0.3 is 0 Å². The zero-order valence-electron chi connectivity index (χ0n) is 13.2. The van der Waals surface area contributed by atoms with E-state index in [1.54, 1.807) is 35.7 Å². The molecule has 5 nitrogen and oxygen atoms in total. The van der Waals surface area contributed by atoms with Crippen molar-refractivity contribution >= 4 is 45.6 Å². The van der Waals surface area contributed by atoms with Crippen molar-refractivity contribution in [2.24, 2.45) is 0 Å². The lowest BCUT2D eigenvalue weighted by molar-refractivity contribution is -0.125. The highest BCUT2D eigenvalue weighted by Gasteiger charge is 2.28. The Balaban J connectivity index is 1.48. The van der Waals surface area contributed by atoms with Crippen molar-refractivity contribution < 1.29 is 14.3 Å². The van der Waals surface area contributed by atoms with Crippen molar-refractivity contribution in [1.82, 2.24) is 4.98 Å². The molecule has 0 spiro atoms. The van der Waals surface area contributed by atoms with Crippen LogP contribution in [0.1, 0.15) is 0 Å². The van der Waals surface area contributed by atoms with E-state index in [1.165, 1.54) is 11.3 Å². The van der Waals surface area contributed by atoms with E-state index in [1.807, 2.05) is 12.1 Å². The average Bonchev–Trinajstić information content (AvgIpc) is 3.11. The number of para-hydroxylation sites is 2. The number of benzene rings is 2. The Morgan fingerprint density at radius 3 is 2.85 bits per heavy atom. The molecule has 2 heterocycles. The highest BCUT2D eigenvalue weighted by Crippen LogP contribution is 2.33. The van der Waals surface area contributed by atoms with Gasteiger partial charge in [0.25, 0.3) is 5.91 Å². The van der Waals surface area contributed by atoms with Crippen LogP contribution in [0.25, 0.3) is 11.3 Å². The molecule has 0 fully saturated rings. The quantitative estimate of drug-likeness (QED) is 0.671. The summed E-state index contributed by atoms with van der Waals surface area (Å²) in [4.78, 5) is 16.9. The molecule has 0 saturated carbocycles. The fourth-order valence-electron chi connectivity index (χ4n) is 2.48. The summed E-state index contributed by atoms with van der Waals surface area (Å²) >= 11 is 13.5. The molecule has 3 aromatic rings. The fourth-order valence-corrected chi connectivity index (χ4v) is 3.58. The number of aromatic nitrogens is 1. The summed E-state index contributed by atoms with van der Waals surface area (Å²) in [6.45, 7) is 0.140. The summed E-state index contributed by atoms with van der Waals surface area (Å²) in [5.74, 6) is 0.853. The van der Waals surface area contributed by atoms with Gasteiger partial charge in [-0.05, 0) is 30.3 Å². The lowest BCUT2D eigenvalue weighted by Gasteiger charge is -2.25. The summed E-state index contributed by atoms with van der Waals surface area (Å²) in [6, 6.07) is 12.4. The van der Waals surface area contributed by atoms with Crippen LogP contribution in [0.5, 0.6) is 11.5 Å². The number of ether oxygens (including phenoxy) is 2. The fraction of sp³-hybridized carbons (Fsp3) is 0.111. The van der Waals surface area contributed by atoms with Crippen LogP contribution in [0.3, 0.4) is 0 Å². The number of halogens is 2. The maximum atomic E-state index is 12.4. The van der Waals surface area contributed by atoms with E-state index in [-0.39, 0.29) is 12.5 Å². The number of carbonyl (C=O) groups excluding carboxylic acids is 1. The molecule has 1 aromatic heterocycles. The topological polar surface area (TPSA) is 60.5 Å². The Bertz CT molecular complexity index is 977. The number of amides is 1. The third-order valence-corrected chi connectivity index (χ3v) is 5.06. The normalized spacial score (nSPS) is 15.5. The van der Waals surface area contributed by atoms with Crippen molar-refractivity contribution in [1.29, 1.82) is 0 Å². The molecule has 0 saturated heterocycles. The van der Waals surface area contributed by atoms with Gasteiger partial charge in [0.1, 0.15) is 6.61 Å². The highest BCUT2D eigenvalue weighted by molar-refractivity contribution is 7.14. The van der Waals surface area contributed by atoms with Gasteiger partial charge in [-0.25, -0.2) is 4.98 Å². The van der Waals surface area contributed by atoms with Gasteiger partial charge in [-0.15, -0.1) is 11.3 Å². The molecular weight excluding hydrogens is 395 g/mol. The summed E-state index contributed by atoms with van der Waals surface area (Å²) in [5, 5.41) is 6.11. The van der Waals surface area contributed by atoms with Gasteiger partial charge in [-0.2, -0.15) is 0 Å². The average molecular weight is 407 g/mol. The number of carbonyl (C=O) groups is 1. The smallest absolute Gasteiger partial charge is 0.270 e. The Kier molecular flexibility index (Phi) is 4.72. The maximum Gasteiger partial charge on any atom is 0.270 e. The van der Waals surface area contributed by atoms with Gasteiger partial charge in [0.2, 0.25) is 6.10 Å². The molecule has 1 amide bonds. The van der Waals surface area contributed by atoms with Crippen LogP contribution in [0.15, 0.2) is 47.8 Å². The molecule has 1 aliphatic rings. The van der Waals surface area contributed by atoms with Crippen LogP contribution in [0.2, 0.25) is 10.0 Å². The highest BCUT2D eigenvalue weighted by atomic mass is 35.5. The van der Waals surface area contributed by atoms with Crippen molar-refractivity contribution in [3.63, 3.8) is 0 Å². The third-order valence-electron chi connectivity index (χ3n) is 3.74. The van der Waals surface area contributed by atoms with Gasteiger partial charge in [-0.1, -0.05) is 35.3 Å². The van der Waals surface area contributed by atoms with Crippen LogP contribution in [-0.2, 0) is 4.79 Å². The molecule has 0 aliphatic carbocycles. The zero-order chi connectivity index (χ0) is 18.1. The van der Waals surface area contributed by atoms with Crippen LogP contribution in [0, 0.1) is 0 Å². The number of hydrogen-bond donors (Lipinski definition) is 1. The molecule has 2 aromatic carbocycles. The molecule has 0 radical (unpaired) electrons. The van der Waals surface area contributed by atoms with Crippen molar-refractivity contribution in [3.05, 3.63) is 57.9 Å².